The van der Waals surface area contributed by atoms with Gasteiger partial charge in [0.1, 0.15) is 5.69 Å². The number of anilines is 2. The zero-order valence-electron chi connectivity index (χ0n) is 13.4. The molecule has 0 aliphatic rings. The van der Waals surface area contributed by atoms with Crippen LogP contribution in [0, 0.1) is 6.92 Å². The molecular formula is C19H18N4O. The minimum Gasteiger partial charge on any atom is -0.381 e. The van der Waals surface area contributed by atoms with E-state index in [0.29, 0.717) is 12.2 Å². The molecule has 1 aromatic carbocycles. The topological polar surface area (TPSA) is 66.9 Å². The van der Waals surface area contributed by atoms with Crippen molar-refractivity contribution in [3.63, 3.8) is 0 Å². The minimum atomic E-state index is -0.225. The second-order valence-corrected chi connectivity index (χ2v) is 5.41. The smallest absolute Gasteiger partial charge is 0.274 e. The van der Waals surface area contributed by atoms with E-state index >= 15 is 0 Å². The summed E-state index contributed by atoms with van der Waals surface area (Å²) in [4.78, 5) is 20.5. The van der Waals surface area contributed by atoms with Crippen LogP contribution in [0.15, 0.2) is 67.1 Å². The molecule has 24 heavy (non-hydrogen) atoms. The Bertz CT molecular complexity index is 834. The van der Waals surface area contributed by atoms with Crippen molar-refractivity contribution in [2.24, 2.45) is 0 Å². The monoisotopic (exact) mass is 318 g/mol. The normalized spacial score (nSPS) is 10.2. The number of rotatable bonds is 5. The van der Waals surface area contributed by atoms with E-state index in [4.69, 9.17) is 0 Å². The van der Waals surface area contributed by atoms with E-state index in [1.54, 1.807) is 24.7 Å². The van der Waals surface area contributed by atoms with Gasteiger partial charge >= 0.3 is 0 Å². The van der Waals surface area contributed by atoms with Gasteiger partial charge < -0.3 is 10.6 Å². The maximum absolute atomic E-state index is 12.4. The van der Waals surface area contributed by atoms with Crippen LogP contribution in [0.1, 0.15) is 21.6 Å². The fourth-order valence-electron chi connectivity index (χ4n) is 2.27. The average molecular weight is 318 g/mol. The first kappa shape index (κ1) is 15.7. The minimum absolute atomic E-state index is 0.225. The maximum Gasteiger partial charge on any atom is 0.274 e. The molecule has 0 aliphatic carbocycles. The summed E-state index contributed by atoms with van der Waals surface area (Å²) in [5.74, 6) is -0.225. The van der Waals surface area contributed by atoms with E-state index in [9.17, 15) is 4.79 Å². The second kappa shape index (κ2) is 7.37. The third kappa shape index (κ3) is 3.95. The number of hydrogen-bond donors (Lipinski definition) is 2. The molecule has 0 saturated carbocycles. The van der Waals surface area contributed by atoms with Gasteiger partial charge in [0.15, 0.2) is 0 Å². The summed E-state index contributed by atoms with van der Waals surface area (Å²) in [7, 11) is 0. The van der Waals surface area contributed by atoms with Crippen molar-refractivity contribution in [2.45, 2.75) is 13.5 Å². The van der Waals surface area contributed by atoms with Gasteiger partial charge in [0, 0.05) is 36.5 Å². The van der Waals surface area contributed by atoms with Gasteiger partial charge in [-0.2, -0.15) is 0 Å². The Morgan fingerprint density at radius 3 is 2.62 bits per heavy atom. The highest BCUT2D eigenvalue weighted by Gasteiger charge is 2.09. The molecule has 0 radical (unpaired) electrons. The number of nitrogens with zero attached hydrogens (tertiary/aromatic N) is 2. The Morgan fingerprint density at radius 1 is 1.04 bits per heavy atom. The predicted molar refractivity (Wildman–Crippen MR) is 94.9 cm³/mol. The van der Waals surface area contributed by atoms with E-state index in [0.717, 1.165) is 22.5 Å². The quantitative estimate of drug-likeness (QED) is 0.753. The highest BCUT2D eigenvalue weighted by atomic mass is 16.1. The van der Waals surface area contributed by atoms with Crippen LogP contribution in [0.3, 0.4) is 0 Å². The molecule has 2 aromatic heterocycles. The van der Waals surface area contributed by atoms with Crippen molar-refractivity contribution in [1.29, 1.82) is 0 Å². The lowest BCUT2D eigenvalue weighted by atomic mass is 10.2. The van der Waals surface area contributed by atoms with Crippen molar-refractivity contribution in [3.8, 4) is 0 Å². The van der Waals surface area contributed by atoms with Gasteiger partial charge in [0.05, 0.1) is 0 Å². The van der Waals surface area contributed by atoms with E-state index in [-0.39, 0.29) is 5.91 Å². The molecule has 0 saturated heterocycles. The number of carbonyl (C=O) groups excluding carboxylic acids is 1. The fourth-order valence-corrected chi connectivity index (χ4v) is 2.27. The maximum atomic E-state index is 12.4. The summed E-state index contributed by atoms with van der Waals surface area (Å²) in [6.45, 7) is 2.61. The van der Waals surface area contributed by atoms with Crippen LogP contribution in [-0.4, -0.2) is 15.9 Å². The molecule has 0 aliphatic heterocycles. The van der Waals surface area contributed by atoms with Crippen molar-refractivity contribution >= 4 is 17.3 Å². The van der Waals surface area contributed by atoms with Gasteiger partial charge in [-0.15, -0.1) is 0 Å². The molecule has 0 fully saturated rings. The zero-order chi connectivity index (χ0) is 16.8. The molecule has 2 heterocycles. The summed E-state index contributed by atoms with van der Waals surface area (Å²) < 4.78 is 0. The Kier molecular flexibility index (Phi) is 4.81. The largest absolute Gasteiger partial charge is 0.381 e. The van der Waals surface area contributed by atoms with Crippen molar-refractivity contribution < 1.29 is 4.79 Å². The van der Waals surface area contributed by atoms with Crippen LogP contribution in [0.5, 0.6) is 0 Å². The van der Waals surface area contributed by atoms with Gasteiger partial charge in [-0.25, -0.2) is 0 Å². The SMILES string of the molecule is Cc1ccccc1NC(=O)c1cc(NCc2ccncc2)ccn1. The number of amides is 1. The van der Waals surface area contributed by atoms with Gasteiger partial charge in [0.2, 0.25) is 0 Å². The molecule has 3 rings (SSSR count). The van der Waals surface area contributed by atoms with Gasteiger partial charge in [-0.3, -0.25) is 14.8 Å². The van der Waals surface area contributed by atoms with Gasteiger partial charge in [-0.1, -0.05) is 18.2 Å². The molecule has 0 atom stereocenters. The predicted octanol–water partition coefficient (Wildman–Crippen LogP) is 3.65. The summed E-state index contributed by atoms with van der Waals surface area (Å²) in [6.07, 6.45) is 5.14. The summed E-state index contributed by atoms with van der Waals surface area (Å²) in [5.41, 5.74) is 4.14. The highest BCUT2D eigenvalue weighted by molar-refractivity contribution is 6.03. The molecule has 1 amide bonds. The van der Waals surface area contributed by atoms with E-state index in [1.165, 1.54) is 0 Å². The number of pyridine rings is 2. The molecule has 120 valence electrons. The third-order valence-corrected chi connectivity index (χ3v) is 3.63. The van der Waals surface area contributed by atoms with Crippen LogP contribution >= 0.6 is 0 Å². The molecule has 0 bridgehead atoms. The standard InChI is InChI=1S/C19H18N4O/c1-14-4-2-3-5-17(14)23-19(24)18-12-16(8-11-21-18)22-13-15-6-9-20-10-7-15/h2-12H,13H2,1H3,(H,21,22)(H,23,24). The lowest BCUT2D eigenvalue weighted by Gasteiger charge is -2.10. The van der Waals surface area contributed by atoms with Crippen molar-refractivity contribution in [2.75, 3.05) is 10.6 Å². The average Bonchev–Trinajstić information content (AvgIpc) is 2.63. The Hall–Kier alpha value is -3.21. The second-order valence-electron chi connectivity index (χ2n) is 5.41. The molecule has 5 nitrogen and oxygen atoms in total. The molecular weight excluding hydrogens is 300 g/mol. The van der Waals surface area contributed by atoms with Crippen LogP contribution < -0.4 is 10.6 Å². The summed E-state index contributed by atoms with van der Waals surface area (Å²) in [5, 5.41) is 6.17. The molecule has 5 heteroatoms. The van der Waals surface area contributed by atoms with Crippen molar-refractivity contribution in [3.05, 3.63) is 83.9 Å². The Labute approximate surface area is 140 Å². The third-order valence-electron chi connectivity index (χ3n) is 3.63. The lowest BCUT2D eigenvalue weighted by Crippen LogP contribution is -2.14. The fraction of sp³-hybridized carbons (Fsp3) is 0.105. The molecule has 0 unspecified atom stereocenters. The summed E-state index contributed by atoms with van der Waals surface area (Å²) in [6, 6.07) is 15.1. The first-order chi connectivity index (χ1) is 11.7. The zero-order valence-corrected chi connectivity index (χ0v) is 13.4. The number of benzene rings is 1. The number of carbonyl (C=O) groups is 1. The van der Waals surface area contributed by atoms with E-state index in [2.05, 4.69) is 20.6 Å². The number of aryl methyl sites for hydroxylation is 1. The highest BCUT2D eigenvalue weighted by Crippen LogP contribution is 2.15. The molecule has 2 N–H and O–H groups in total. The number of para-hydroxylation sites is 1. The summed E-state index contributed by atoms with van der Waals surface area (Å²) >= 11 is 0. The van der Waals surface area contributed by atoms with Crippen molar-refractivity contribution in [1.82, 2.24) is 9.97 Å². The van der Waals surface area contributed by atoms with Crippen LogP contribution in [0.4, 0.5) is 11.4 Å². The first-order valence-electron chi connectivity index (χ1n) is 7.68. The van der Waals surface area contributed by atoms with Crippen LogP contribution in [0.25, 0.3) is 0 Å². The number of hydrogen-bond acceptors (Lipinski definition) is 4. The Morgan fingerprint density at radius 2 is 1.83 bits per heavy atom. The molecule has 3 aromatic rings. The number of nitrogens with one attached hydrogen (secondary N) is 2. The van der Waals surface area contributed by atoms with E-state index < -0.39 is 0 Å². The first-order valence-corrected chi connectivity index (χ1v) is 7.68. The van der Waals surface area contributed by atoms with Crippen LogP contribution in [0.2, 0.25) is 0 Å². The number of aromatic nitrogens is 2. The lowest BCUT2D eigenvalue weighted by molar-refractivity contribution is 0.102. The Balaban J connectivity index is 1.68. The van der Waals surface area contributed by atoms with E-state index in [1.807, 2.05) is 49.4 Å². The van der Waals surface area contributed by atoms with Crippen LogP contribution in [-0.2, 0) is 6.54 Å². The van der Waals surface area contributed by atoms with Gasteiger partial charge in [-0.05, 0) is 48.4 Å². The molecule has 0 spiro atoms. The van der Waals surface area contributed by atoms with Gasteiger partial charge in [0.25, 0.3) is 5.91 Å².